The summed E-state index contributed by atoms with van der Waals surface area (Å²) < 4.78 is 2.66. The second-order valence-electron chi connectivity index (χ2n) is 3.55. The number of rotatable bonds is 3. The molecule has 0 radical (unpaired) electrons. The Kier molecular flexibility index (Phi) is 2.94. The van der Waals surface area contributed by atoms with Gasteiger partial charge in [-0.15, -0.1) is 0 Å². The normalized spacial score (nSPS) is 11.6. The van der Waals surface area contributed by atoms with Gasteiger partial charge >= 0.3 is 5.97 Å². The lowest BCUT2D eigenvalue weighted by atomic mass is 9.94. The van der Waals surface area contributed by atoms with Crippen LogP contribution in [-0.4, -0.2) is 20.9 Å². The molecular formula is C8H11IN2O2. The van der Waals surface area contributed by atoms with Gasteiger partial charge in [-0.1, -0.05) is 0 Å². The molecule has 1 N–H and O–H groups in total. The highest BCUT2D eigenvalue weighted by atomic mass is 127. The largest absolute Gasteiger partial charge is 0.481 e. The fourth-order valence-corrected chi connectivity index (χ4v) is 1.34. The van der Waals surface area contributed by atoms with Gasteiger partial charge in [0.15, 0.2) is 0 Å². The highest BCUT2D eigenvalue weighted by Gasteiger charge is 2.27. The molecule has 1 aromatic rings. The zero-order chi connectivity index (χ0) is 10.1. The number of carboxylic acid groups (broad SMARTS) is 1. The van der Waals surface area contributed by atoms with E-state index in [0.717, 1.165) is 3.57 Å². The first-order valence-corrected chi connectivity index (χ1v) is 4.91. The Morgan fingerprint density at radius 2 is 2.38 bits per heavy atom. The third kappa shape index (κ3) is 2.68. The first kappa shape index (κ1) is 10.5. The first-order valence-electron chi connectivity index (χ1n) is 3.83. The Labute approximate surface area is 90.1 Å². The van der Waals surface area contributed by atoms with Crippen LogP contribution in [0.3, 0.4) is 0 Å². The molecule has 0 aliphatic heterocycles. The summed E-state index contributed by atoms with van der Waals surface area (Å²) in [6.45, 7) is 3.76. The van der Waals surface area contributed by atoms with Gasteiger partial charge in [-0.2, -0.15) is 5.10 Å². The number of aliphatic carboxylic acids is 1. The lowest BCUT2D eigenvalue weighted by Gasteiger charge is -2.18. The molecule has 1 rings (SSSR count). The van der Waals surface area contributed by atoms with Crippen LogP contribution in [0.2, 0.25) is 0 Å². The molecule has 4 nitrogen and oxygen atoms in total. The van der Waals surface area contributed by atoms with Crippen molar-refractivity contribution in [3.63, 3.8) is 0 Å². The molecule has 5 heteroatoms. The molecule has 0 saturated heterocycles. The first-order chi connectivity index (χ1) is 5.92. The Morgan fingerprint density at radius 1 is 1.77 bits per heavy atom. The Hall–Kier alpha value is -0.590. The minimum absolute atomic E-state index is 0.394. The van der Waals surface area contributed by atoms with Crippen molar-refractivity contribution in [2.75, 3.05) is 0 Å². The van der Waals surface area contributed by atoms with Crippen LogP contribution in [0.4, 0.5) is 0 Å². The predicted molar refractivity (Wildman–Crippen MR) is 56.4 cm³/mol. The fraction of sp³-hybridized carbons (Fsp3) is 0.500. The number of carbonyl (C=O) groups is 1. The van der Waals surface area contributed by atoms with E-state index in [1.54, 1.807) is 24.7 Å². The van der Waals surface area contributed by atoms with Gasteiger partial charge < -0.3 is 5.11 Å². The van der Waals surface area contributed by atoms with E-state index in [1.165, 1.54) is 0 Å². The molecule has 0 aliphatic carbocycles. The molecule has 0 aliphatic rings. The number of hydrogen-bond donors (Lipinski definition) is 1. The van der Waals surface area contributed by atoms with Gasteiger partial charge in [0.05, 0.1) is 21.7 Å². The van der Waals surface area contributed by atoms with E-state index in [-0.39, 0.29) is 0 Å². The van der Waals surface area contributed by atoms with Gasteiger partial charge in [-0.05, 0) is 36.4 Å². The fourth-order valence-electron chi connectivity index (χ4n) is 0.897. The Balaban J connectivity index is 2.74. The number of nitrogens with zero attached hydrogens (tertiary/aromatic N) is 2. The van der Waals surface area contributed by atoms with Crippen molar-refractivity contribution in [3.05, 3.63) is 16.0 Å². The summed E-state index contributed by atoms with van der Waals surface area (Å²) in [5.74, 6) is -0.807. The second kappa shape index (κ2) is 3.65. The van der Waals surface area contributed by atoms with E-state index < -0.39 is 11.4 Å². The predicted octanol–water partition coefficient (Wildman–Crippen LogP) is 1.60. The van der Waals surface area contributed by atoms with Crippen LogP contribution in [-0.2, 0) is 11.3 Å². The van der Waals surface area contributed by atoms with E-state index in [2.05, 4.69) is 27.7 Å². The maximum atomic E-state index is 10.8. The van der Waals surface area contributed by atoms with E-state index in [0.29, 0.717) is 6.54 Å². The third-order valence-corrected chi connectivity index (χ3v) is 2.30. The van der Waals surface area contributed by atoms with Gasteiger partial charge in [-0.3, -0.25) is 9.48 Å². The van der Waals surface area contributed by atoms with Crippen molar-refractivity contribution in [2.45, 2.75) is 20.4 Å². The summed E-state index contributed by atoms with van der Waals surface area (Å²) in [6.07, 6.45) is 3.53. The molecule has 1 heterocycles. The molecule has 0 amide bonds. The average molecular weight is 294 g/mol. The van der Waals surface area contributed by atoms with Crippen molar-refractivity contribution >= 4 is 28.6 Å². The topological polar surface area (TPSA) is 55.1 Å². The van der Waals surface area contributed by atoms with Crippen LogP contribution in [0.25, 0.3) is 0 Å². The molecular weight excluding hydrogens is 283 g/mol. The summed E-state index contributed by atoms with van der Waals surface area (Å²) in [7, 11) is 0. The maximum absolute atomic E-state index is 10.8. The molecule has 0 atom stereocenters. The van der Waals surface area contributed by atoms with Crippen LogP contribution < -0.4 is 0 Å². The van der Waals surface area contributed by atoms with Crippen LogP contribution in [0, 0.1) is 8.99 Å². The van der Waals surface area contributed by atoms with Gasteiger partial charge in [0.2, 0.25) is 0 Å². The van der Waals surface area contributed by atoms with Gasteiger partial charge in [0.1, 0.15) is 0 Å². The summed E-state index contributed by atoms with van der Waals surface area (Å²) in [5, 5.41) is 12.9. The SMILES string of the molecule is CC(C)(Cn1cc(I)cn1)C(=O)O. The van der Waals surface area contributed by atoms with Crippen LogP contribution in [0.15, 0.2) is 12.4 Å². The van der Waals surface area contributed by atoms with E-state index >= 15 is 0 Å². The van der Waals surface area contributed by atoms with Gasteiger partial charge in [0, 0.05) is 6.20 Å². The molecule has 0 fully saturated rings. The number of halogens is 1. The summed E-state index contributed by atoms with van der Waals surface area (Å²) in [5.41, 5.74) is -0.769. The highest BCUT2D eigenvalue weighted by molar-refractivity contribution is 14.1. The minimum atomic E-state index is -0.807. The average Bonchev–Trinajstić information content (AvgIpc) is 2.34. The van der Waals surface area contributed by atoms with Crippen LogP contribution >= 0.6 is 22.6 Å². The zero-order valence-electron chi connectivity index (χ0n) is 7.49. The Bertz CT molecular complexity index is 320. The van der Waals surface area contributed by atoms with Gasteiger partial charge in [0.25, 0.3) is 0 Å². The van der Waals surface area contributed by atoms with Crippen molar-refractivity contribution < 1.29 is 9.90 Å². The van der Waals surface area contributed by atoms with Crippen molar-refractivity contribution in [2.24, 2.45) is 5.41 Å². The van der Waals surface area contributed by atoms with Gasteiger partial charge in [-0.25, -0.2) is 0 Å². The molecule has 0 aromatic carbocycles. The maximum Gasteiger partial charge on any atom is 0.310 e. The van der Waals surface area contributed by atoms with Crippen LogP contribution in [0.1, 0.15) is 13.8 Å². The van der Waals surface area contributed by atoms with E-state index in [4.69, 9.17) is 5.11 Å². The summed E-state index contributed by atoms with van der Waals surface area (Å²) in [6, 6.07) is 0. The van der Waals surface area contributed by atoms with Crippen molar-refractivity contribution in [1.82, 2.24) is 9.78 Å². The summed E-state index contributed by atoms with van der Waals surface area (Å²) in [4.78, 5) is 10.8. The molecule has 1 aromatic heterocycles. The zero-order valence-corrected chi connectivity index (χ0v) is 9.65. The van der Waals surface area contributed by atoms with E-state index in [1.807, 2.05) is 6.20 Å². The number of carboxylic acids is 1. The number of aromatic nitrogens is 2. The number of hydrogen-bond acceptors (Lipinski definition) is 2. The molecule has 72 valence electrons. The quantitative estimate of drug-likeness (QED) is 0.861. The minimum Gasteiger partial charge on any atom is -0.481 e. The third-order valence-electron chi connectivity index (χ3n) is 1.74. The monoisotopic (exact) mass is 294 g/mol. The van der Waals surface area contributed by atoms with Crippen molar-refractivity contribution in [3.8, 4) is 0 Å². The van der Waals surface area contributed by atoms with Crippen molar-refractivity contribution in [1.29, 1.82) is 0 Å². The lowest BCUT2D eigenvalue weighted by Crippen LogP contribution is -2.29. The van der Waals surface area contributed by atoms with E-state index in [9.17, 15) is 4.79 Å². The summed E-state index contributed by atoms with van der Waals surface area (Å²) >= 11 is 2.14. The standard InChI is InChI=1S/C8H11IN2O2/c1-8(2,7(12)13)5-11-4-6(9)3-10-11/h3-4H,5H2,1-2H3,(H,12,13). The molecule has 0 saturated carbocycles. The molecule has 0 unspecified atom stereocenters. The highest BCUT2D eigenvalue weighted by Crippen LogP contribution is 2.18. The molecule has 13 heavy (non-hydrogen) atoms. The Morgan fingerprint density at radius 3 is 2.77 bits per heavy atom. The molecule has 0 bridgehead atoms. The second-order valence-corrected chi connectivity index (χ2v) is 4.79. The smallest absolute Gasteiger partial charge is 0.310 e. The lowest BCUT2D eigenvalue weighted by molar-refractivity contribution is -0.147. The van der Waals surface area contributed by atoms with Crippen LogP contribution in [0.5, 0.6) is 0 Å². The molecule has 0 spiro atoms.